The third-order valence-electron chi connectivity index (χ3n) is 7.59. The molecule has 4 aromatic carbocycles. The molecule has 0 radical (unpaired) electrons. The van der Waals surface area contributed by atoms with Gasteiger partial charge in [-0.15, -0.1) is 0 Å². The van der Waals surface area contributed by atoms with Gasteiger partial charge in [-0.3, -0.25) is 0 Å². The molecule has 8 bridgehead atoms. The van der Waals surface area contributed by atoms with Crippen molar-refractivity contribution in [1.82, 2.24) is 39.9 Å². The maximum absolute atomic E-state index is 5.04. The summed E-state index contributed by atoms with van der Waals surface area (Å²) in [7, 11) is 0. The number of aromatic nitrogens is 8. The van der Waals surface area contributed by atoms with Gasteiger partial charge in [0, 0.05) is 44.7 Å². The van der Waals surface area contributed by atoms with Gasteiger partial charge in [0.2, 0.25) is 0 Å². The summed E-state index contributed by atoms with van der Waals surface area (Å²) in [4.78, 5) is 34.2. The van der Waals surface area contributed by atoms with Crippen LogP contribution in [-0.2, 0) is 17.1 Å². The third-order valence-corrected chi connectivity index (χ3v) is 7.59. The molecule has 0 atom stereocenters. The molecule has 9 rings (SSSR count). The fourth-order valence-corrected chi connectivity index (χ4v) is 5.73. The van der Waals surface area contributed by atoms with Crippen LogP contribution < -0.4 is 9.97 Å². The maximum atomic E-state index is 5.04. The maximum Gasteiger partial charge on any atom is 2.00 e. The summed E-state index contributed by atoms with van der Waals surface area (Å²) in [5, 5.41) is 6.06. The predicted molar refractivity (Wildman–Crippen MR) is 160 cm³/mol. The molecule has 0 unspecified atom stereocenters. The van der Waals surface area contributed by atoms with E-state index in [1.165, 1.54) is 0 Å². The predicted octanol–water partition coefficient (Wildman–Crippen LogP) is 7.08. The molecule has 8 aromatic rings. The SMILES string of the molecule is [Fe+2].c1ccc2c(c1)-c1nc-2[n-]c2[nH]c([nH]c3[n-]c([nH]c4[nH]c(n1)c1ccccc41)c1ccccc31)c1ccccc21. The van der Waals surface area contributed by atoms with Crippen LogP contribution in [0.1, 0.15) is 0 Å². The molecule has 0 saturated carbocycles. The summed E-state index contributed by atoms with van der Waals surface area (Å²) in [6.45, 7) is 0. The summed E-state index contributed by atoms with van der Waals surface area (Å²) in [6, 6.07) is 32.7. The van der Waals surface area contributed by atoms with Gasteiger partial charge >= 0.3 is 17.1 Å². The Kier molecular flexibility index (Phi) is 5.12. The molecule has 1 aliphatic rings. The first-order valence-corrected chi connectivity index (χ1v) is 13.1. The normalized spacial score (nSPS) is 11.7. The molecule has 0 aliphatic carbocycles. The smallest absolute Gasteiger partial charge is 0.411 e. The standard InChI is InChI=1S/C32H20N8.Fe/c1-2-10-18-17(9-1)25-33-26(18)38-28-21-13-5-6-14-22(21)30(35-28)40-32-24-16-8-7-15-23(24)31(36-32)39-29-20-12-4-3-11-19(20)27(34-29)37-25;/h1-16,33,36-37,39H;/q-2;+2. The first-order valence-electron chi connectivity index (χ1n) is 13.1. The van der Waals surface area contributed by atoms with E-state index in [4.69, 9.17) is 19.9 Å². The van der Waals surface area contributed by atoms with Crippen LogP contribution in [0, 0.1) is 0 Å². The second-order valence-electron chi connectivity index (χ2n) is 9.92. The summed E-state index contributed by atoms with van der Waals surface area (Å²) < 4.78 is 0. The fraction of sp³-hybridized carbons (Fsp3) is 0. The average Bonchev–Trinajstić information content (AvgIpc) is 3.73. The van der Waals surface area contributed by atoms with E-state index < -0.39 is 0 Å². The van der Waals surface area contributed by atoms with E-state index in [0.29, 0.717) is 11.6 Å². The number of nitrogens with zero attached hydrogens (tertiary/aromatic N) is 4. The Balaban J connectivity index is 0.00000256. The molecule has 0 amide bonds. The van der Waals surface area contributed by atoms with Gasteiger partial charge in [-0.1, -0.05) is 97.1 Å². The second kappa shape index (κ2) is 8.89. The van der Waals surface area contributed by atoms with Gasteiger partial charge in [-0.25, -0.2) is 4.98 Å². The van der Waals surface area contributed by atoms with E-state index >= 15 is 0 Å². The van der Waals surface area contributed by atoms with Gasteiger partial charge in [0.05, 0.1) is 11.5 Å². The van der Waals surface area contributed by atoms with E-state index in [1.54, 1.807) is 0 Å². The van der Waals surface area contributed by atoms with Crippen molar-refractivity contribution in [1.29, 1.82) is 0 Å². The Bertz CT molecular complexity index is 2290. The first kappa shape index (κ1) is 23.6. The quantitative estimate of drug-likeness (QED) is 0.145. The van der Waals surface area contributed by atoms with E-state index in [0.717, 1.165) is 77.3 Å². The van der Waals surface area contributed by atoms with Crippen molar-refractivity contribution in [2.45, 2.75) is 0 Å². The van der Waals surface area contributed by atoms with Crippen molar-refractivity contribution in [3.8, 4) is 22.8 Å². The van der Waals surface area contributed by atoms with Gasteiger partial charge in [0.1, 0.15) is 5.65 Å². The van der Waals surface area contributed by atoms with Gasteiger partial charge in [0.25, 0.3) is 0 Å². The summed E-state index contributed by atoms with van der Waals surface area (Å²) in [5.41, 5.74) is 6.49. The van der Waals surface area contributed by atoms with Crippen LogP contribution in [-0.4, -0.2) is 29.9 Å². The minimum atomic E-state index is 0. The number of hydrogen-bond acceptors (Lipinski definition) is 2. The monoisotopic (exact) mass is 572 g/mol. The van der Waals surface area contributed by atoms with Crippen LogP contribution in [0.4, 0.5) is 0 Å². The molecule has 0 spiro atoms. The van der Waals surface area contributed by atoms with Gasteiger partial charge in [0.15, 0.2) is 0 Å². The molecule has 8 nitrogen and oxygen atoms in total. The van der Waals surface area contributed by atoms with Crippen LogP contribution in [0.3, 0.4) is 0 Å². The largest absolute Gasteiger partial charge is 2.00 e. The fourth-order valence-electron chi connectivity index (χ4n) is 5.73. The molecule has 4 aromatic heterocycles. The topological polar surface area (TPSA) is 117 Å². The van der Waals surface area contributed by atoms with Gasteiger partial charge in [-0.2, -0.15) is 0 Å². The van der Waals surface area contributed by atoms with Crippen LogP contribution in [0.25, 0.3) is 89.0 Å². The Morgan fingerprint density at radius 1 is 0.439 bits per heavy atom. The van der Waals surface area contributed by atoms with E-state index in [2.05, 4.69) is 56.3 Å². The Hall–Kier alpha value is -5.24. The second-order valence-corrected chi connectivity index (χ2v) is 9.92. The van der Waals surface area contributed by atoms with Crippen LogP contribution in [0.15, 0.2) is 97.1 Å². The number of fused-ring (bicyclic) bond motifs is 20. The van der Waals surface area contributed by atoms with Crippen molar-refractivity contribution in [3.63, 3.8) is 0 Å². The molecule has 9 heteroatoms. The molecule has 41 heavy (non-hydrogen) atoms. The van der Waals surface area contributed by atoms with E-state index in [1.807, 2.05) is 60.7 Å². The van der Waals surface area contributed by atoms with Crippen LogP contribution >= 0.6 is 0 Å². The molecule has 1 aliphatic heterocycles. The first-order chi connectivity index (χ1) is 19.8. The van der Waals surface area contributed by atoms with Crippen molar-refractivity contribution < 1.29 is 17.1 Å². The summed E-state index contributed by atoms with van der Waals surface area (Å²) >= 11 is 0. The van der Waals surface area contributed by atoms with Gasteiger partial charge in [-0.05, 0) is 27.1 Å². The average molecular weight is 572 g/mol. The van der Waals surface area contributed by atoms with Crippen molar-refractivity contribution >= 4 is 66.2 Å². The third kappa shape index (κ3) is 3.53. The zero-order valence-corrected chi connectivity index (χ0v) is 22.5. The van der Waals surface area contributed by atoms with E-state index in [9.17, 15) is 0 Å². The molecule has 5 heterocycles. The van der Waals surface area contributed by atoms with Crippen LogP contribution in [0.5, 0.6) is 0 Å². The number of H-pyrrole nitrogens is 4. The van der Waals surface area contributed by atoms with Crippen molar-refractivity contribution in [2.24, 2.45) is 0 Å². The molecule has 196 valence electrons. The Labute approximate surface area is 242 Å². The zero-order chi connectivity index (χ0) is 26.2. The zero-order valence-electron chi connectivity index (χ0n) is 21.4. The molecule has 4 N–H and O–H groups in total. The number of benzene rings is 4. The Morgan fingerprint density at radius 2 is 0.902 bits per heavy atom. The molecule has 0 saturated heterocycles. The number of nitrogens with one attached hydrogen (secondary N) is 4. The van der Waals surface area contributed by atoms with Crippen molar-refractivity contribution in [2.75, 3.05) is 0 Å². The number of rotatable bonds is 0. The minimum absolute atomic E-state index is 0. The number of hydrogen-bond donors (Lipinski definition) is 4. The molecule has 0 fully saturated rings. The van der Waals surface area contributed by atoms with Crippen molar-refractivity contribution in [3.05, 3.63) is 97.1 Å². The number of aromatic amines is 4. The molecular formula is C32H20FeN8. The minimum Gasteiger partial charge on any atom is -0.411 e. The summed E-state index contributed by atoms with van der Waals surface area (Å²) in [5.74, 6) is 1.24. The summed E-state index contributed by atoms with van der Waals surface area (Å²) in [6.07, 6.45) is 0. The Morgan fingerprint density at radius 3 is 1.56 bits per heavy atom. The molecular weight excluding hydrogens is 552 g/mol. The van der Waals surface area contributed by atoms with E-state index in [-0.39, 0.29) is 17.1 Å². The van der Waals surface area contributed by atoms with Crippen LogP contribution in [0.2, 0.25) is 0 Å². The van der Waals surface area contributed by atoms with Gasteiger partial charge < -0.3 is 34.9 Å².